The standard InChI is InChI=1S/C18H21F2N5O4.Li.H/c19-12(9-25-10-14(18(28)29)22-23-25)4-6-24-7-5-13(16(20)17(24)27)21-15(26)8-11-2-1-3-11;;/h5,7,10-12H,1-4,6,8-9H2,(H,21,26)(H,28,29);;. The fourth-order valence-corrected chi connectivity index (χ4v) is 3.04. The molecule has 0 radical (unpaired) electrons. The zero-order chi connectivity index (χ0) is 21.0. The van der Waals surface area contributed by atoms with E-state index >= 15 is 0 Å². The zero-order valence-corrected chi connectivity index (χ0v) is 15.6. The van der Waals surface area contributed by atoms with Crippen molar-refractivity contribution in [1.82, 2.24) is 19.6 Å². The number of pyridine rings is 1. The fraction of sp³-hybridized carbons (Fsp3) is 0.500. The van der Waals surface area contributed by atoms with Crippen molar-refractivity contribution in [1.29, 1.82) is 0 Å². The number of anilines is 1. The third-order valence-electron chi connectivity index (χ3n) is 4.91. The summed E-state index contributed by atoms with van der Waals surface area (Å²) >= 11 is 0. The first-order chi connectivity index (χ1) is 13.8. The van der Waals surface area contributed by atoms with Gasteiger partial charge in [0.05, 0.1) is 18.4 Å². The maximum atomic E-state index is 14.3. The first-order valence-electron chi connectivity index (χ1n) is 9.29. The summed E-state index contributed by atoms with van der Waals surface area (Å²) in [5, 5.41) is 18.1. The second kappa shape index (κ2) is 10.5. The number of aryl methyl sites for hydroxylation is 1. The molecule has 2 aromatic heterocycles. The summed E-state index contributed by atoms with van der Waals surface area (Å²) in [6, 6.07) is 1.28. The van der Waals surface area contributed by atoms with Crippen molar-refractivity contribution in [3.05, 3.63) is 40.3 Å². The third kappa shape index (κ3) is 6.00. The van der Waals surface area contributed by atoms with Crippen LogP contribution in [0, 0.1) is 11.7 Å². The van der Waals surface area contributed by atoms with Gasteiger partial charge in [0.15, 0.2) is 5.69 Å². The number of alkyl halides is 1. The minimum absolute atomic E-state index is 0. The van der Waals surface area contributed by atoms with Crippen LogP contribution < -0.4 is 10.9 Å². The Hall–Kier alpha value is -2.51. The van der Waals surface area contributed by atoms with Gasteiger partial charge in [0.2, 0.25) is 11.7 Å². The molecule has 1 saturated carbocycles. The summed E-state index contributed by atoms with van der Waals surface area (Å²) in [5.74, 6) is -2.37. The summed E-state index contributed by atoms with van der Waals surface area (Å²) in [5.41, 5.74) is -1.44. The number of carbonyl (C=O) groups excluding carboxylic acids is 1. The molecule has 2 aromatic rings. The third-order valence-corrected chi connectivity index (χ3v) is 4.91. The van der Waals surface area contributed by atoms with Crippen LogP contribution in [0.4, 0.5) is 14.5 Å². The normalized spacial score (nSPS) is 14.5. The Morgan fingerprint density at radius 1 is 1.37 bits per heavy atom. The maximum absolute atomic E-state index is 14.3. The molecule has 9 nitrogen and oxygen atoms in total. The van der Waals surface area contributed by atoms with Crippen LogP contribution in [-0.4, -0.2) is 61.6 Å². The zero-order valence-electron chi connectivity index (χ0n) is 15.6. The first-order valence-corrected chi connectivity index (χ1v) is 9.29. The summed E-state index contributed by atoms with van der Waals surface area (Å²) in [6.45, 7) is -0.333. The van der Waals surface area contributed by atoms with Gasteiger partial charge >= 0.3 is 24.8 Å². The summed E-state index contributed by atoms with van der Waals surface area (Å²) in [6.07, 6.45) is 4.19. The van der Waals surface area contributed by atoms with Gasteiger partial charge in [-0.3, -0.25) is 9.59 Å². The number of hydrogen-bond donors (Lipinski definition) is 2. The second-order valence-corrected chi connectivity index (χ2v) is 7.11. The van der Waals surface area contributed by atoms with E-state index in [0.29, 0.717) is 12.3 Å². The van der Waals surface area contributed by atoms with Crippen molar-refractivity contribution in [3.63, 3.8) is 0 Å². The topological polar surface area (TPSA) is 119 Å². The van der Waals surface area contributed by atoms with Crippen LogP contribution in [0.3, 0.4) is 0 Å². The first kappa shape index (κ1) is 23.8. The number of amides is 1. The SMILES string of the molecule is O=C(CC1CCC1)Nc1ccn(CCC(F)Cn2cc(C(=O)O)nn2)c(=O)c1F.[LiH]. The van der Waals surface area contributed by atoms with Gasteiger partial charge in [-0.25, -0.2) is 13.9 Å². The molecule has 30 heavy (non-hydrogen) atoms. The van der Waals surface area contributed by atoms with Crippen molar-refractivity contribution >= 4 is 36.4 Å². The molecule has 1 fully saturated rings. The Labute approximate surface area is 182 Å². The van der Waals surface area contributed by atoms with Crippen LogP contribution in [0.25, 0.3) is 0 Å². The number of aromatic nitrogens is 4. The van der Waals surface area contributed by atoms with E-state index in [0.717, 1.165) is 34.7 Å². The molecule has 2 N–H and O–H groups in total. The molecule has 158 valence electrons. The molecule has 0 spiro atoms. The fourth-order valence-electron chi connectivity index (χ4n) is 3.04. The Morgan fingerprint density at radius 3 is 2.70 bits per heavy atom. The van der Waals surface area contributed by atoms with Crippen LogP contribution in [-0.2, 0) is 17.9 Å². The van der Waals surface area contributed by atoms with Gasteiger partial charge < -0.3 is 15.0 Å². The molecule has 3 rings (SSSR count). The Bertz CT molecular complexity index is 960. The van der Waals surface area contributed by atoms with E-state index in [1.165, 1.54) is 12.3 Å². The number of nitrogens with zero attached hydrogens (tertiary/aromatic N) is 4. The average molecular weight is 417 g/mol. The van der Waals surface area contributed by atoms with Gasteiger partial charge in [0.25, 0.3) is 5.56 Å². The molecule has 0 bridgehead atoms. The van der Waals surface area contributed by atoms with Crippen LogP contribution in [0.2, 0.25) is 0 Å². The molecule has 1 amide bonds. The van der Waals surface area contributed by atoms with E-state index in [1.807, 2.05) is 0 Å². The molecule has 1 atom stereocenters. The van der Waals surface area contributed by atoms with Gasteiger partial charge in [-0.05, 0) is 31.2 Å². The van der Waals surface area contributed by atoms with Gasteiger partial charge in [0.1, 0.15) is 6.17 Å². The molecular formula is C18H22F2LiN5O4. The number of carboxylic acid groups (broad SMARTS) is 1. The quantitative estimate of drug-likeness (QED) is 0.592. The predicted octanol–water partition coefficient (Wildman–Crippen LogP) is 1.19. The van der Waals surface area contributed by atoms with Crippen LogP contribution in [0.1, 0.15) is 42.6 Å². The van der Waals surface area contributed by atoms with E-state index in [4.69, 9.17) is 5.11 Å². The number of carbonyl (C=O) groups is 2. The Morgan fingerprint density at radius 2 is 2.10 bits per heavy atom. The Kier molecular flexibility index (Phi) is 8.31. The van der Waals surface area contributed by atoms with E-state index in [2.05, 4.69) is 15.6 Å². The van der Waals surface area contributed by atoms with Crippen molar-refractivity contribution in [2.24, 2.45) is 5.92 Å². The number of aromatic carboxylic acids is 1. The summed E-state index contributed by atoms with van der Waals surface area (Å²) in [7, 11) is 0. The molecule has 0 saturated heterocycles. The molecule has 0 aliphatic heterocycles. The van der Waals surface area contributed by atoms with E-state index in [1.54, 1.807) is 0 Å². The number of halogens is 2. The van der Waals surface area contributed by atoms with Crippen LogP contribution in [0.5, 0.6) is 0 Å². The molecule has 2 heterocycles. The van der Waals surface area contributed by atoms with Crippen molar-refractivity contribution in [3.8, 4) is 0 Å². The van der Waals surface area contributed by atoms with Crippen LogP contribution >= 0.6 is 0 Å². The molecule has 1 aliphatic carbocycles. The van der Waals surface area contributed by atoms with E-state index < -0.39 is 23.5 Å². The van der Waals surface area contributed by atoms with Gasteiger partial charge in [-0.15, -0.1) is 5.10 Å². The predicted molar refractivity (Wildman–Crippen MR) is 105 cm³/mol. The second-order valence-electron chi connectivity index (χ2n) is 7.11. The number of rotatable bonds is 9. The van der Waals surface area contributed by atoms with Crippen molar-refractivity contribution < 1.29 is 23.5 Å². The number of hydrogen-bond acceptors (Lipinski definition) is 5. The molecular weight excluding hydrogens is 395 g/mol. The monoisotopic (exact) mass is 417 g/mol. The van der Waals surface area contributed by atoms with E-state index in [9.17, 15) is 23.2 Å². The molecule has 0 aromatic carbocycles. The minimum atomic E-state index is -1.45. The van der Waals surface area contributed by atoms with Gasteiger partial charge in [-0.2, -0.15) is 4.39 Å². The summed E-state index contributed by atoms with van der Waals surface area (Å²) < 4.78 is 30.5. The molecule has 12 heteroatoms. The number of nitrogens with one attached hydrogen (secondary N) is 1. The Balaban J connectivity index is 0.00000320. The van der Waals surface area contributed by atoms with Gasteiger partial charge in [-0.1, -0.05) is 11.6 Å². The van der Waals surface area contributed by atoms with E-state index in [-0.39, 0.29) is 55.7 Å². The number of carboxylic acids is 1. The molecule has 1 aliphatic rings. The van der Waals surface area contributed by atoms with Crippen LogP contribution in [0.15, 0.2) is 23.3 Å². The molecule has 1 unspecified atom stereocenters. The van der Waals surface area contributed by atoms with Crippen molar-refractivity contribution in [2.45, 2.75) is 51.4 Å². The van der Waals surface area contributed by atoms with Gasteiger partial charge in [0, 0.05) is 19.2 Å². The summed E-state index contributed by atoms with van der Waals surface area (Å²) in [4.78, 5) is 34.8. The van der Waals surface area contributed by atoms with Crippen molar-refractivity contribution in [2.75, 3.05) is 5.32 Å². The average Bonchev–Trinajstić information content (AvgIpc) is 3.10.